The first-order valence-corrected chi connectivity index (χ1v) is 10.7. The Morgan fingerprint density at radius 3 is 2.43 bits per heavy atom. The first-order chi connectivity index (χ1) is 13.7. The average molecular weight is 412 g/mol. The number of halogens is 1. The van der Waals surface area contributed by atoms with Crippen molar-refractivity contribution in [2.75, 3.05) is 26.2 Å². The van der Waals surface area contributed by atoms with Crippen molar-refractivity contribution in [1.29, 1.82) is 0 Å². The normalized spacial score (nSPS) is 15.0. The van der Waals surface area contributed by atoms with Gasteiger partial charge in [-0.1, -0.05) is 54.1 Å². The molecule has 3 aromatic rings. The molecule has 6 heteroatoms. The summed E-state index contributed by atoms with van der Waals surface area (Å²) in [4.78, 5) is 21.7. The molecule has 1 amide bonds. The van der Waals surface area contributed by atoms with Crippen molar-refractivity contribution in [2.24, 2.45) is 0 Å². The molecule has 4 rings (SSSR count). The molecular weight excluding hydrogens is 390 g/mol. The van der Waals surface area contributed by atoms with Crippen LogP contribution in [0, 0.1) is 0 Å². The van der Waals surface area contributed by atoms with Crippen LogP contribution in [-0.2, 0) is 17.8 Å². The van der Waals surface area contributed by atoms with E-state index in [2.05, 4.69) is 22.4 Å². The summed E-state index contributed by atoms with van der Waals surface area (Å²) in [7, 11) is 0. The second-order valence-electron chi connectivity index (χ2n) is 6.95. The fourth-order valence-electron chi connectivity index (χ4n) is 3.36. The van der Waals surface area contributed by atoms with Gasteiger partial charge in [-0.05, 0) is 17.7 Å². The third-order valence-corrected chi connectivity index (χ3v) is 6.06. The molecule has 144 valence electrons. The Bertz CT molecular complexity index is 918. The lowest BCUT2D eigenvalue weighted by molar-refractivity contribution is -0.132. The third-order valence-electron chi connectivity index (χ3n) is 4.97. The Morgan fingerprint density at radius 1 is 1.00 bits per heavy atom. The van der Waals surface area contributed by atoms with Crippen LogP contribution >= 0.6 is 22.9 Å². The average Bonchev–Trinajstić information content (AvgIpc) is 3.19. The molecule has 0 bridgehead atoms. The second-order valence-corrected chi connectivity index (χ2v) is 8.33. The molecule has 28 heavy (non-hydrogen) atoms. The van der Waals surface area contributed by atoms with Crippen LogP contribution in [0.4, 0.5) is 0 Å². The number of thiazole rings is 1. The van der Waals surface area contributed by atoms with E-state index in [1.54, 1.807) is 11.3 Å². The summed E-state index contributed by atoms with van der Waals surface area (Å²) in [6, 6.07) is 17.8. The van der Waals surface area contributed by atoms with Gasteiger partial charge in [-0.15, -0.1) is 11.3 Å². The van der Waals surface area contributed by atoms with Gasteiger partial charge in [-0.2, -0.15) is 0 Å². The minimum atomic E-state index is 0.183. The van der Waals surface area contributed by atoms with Crippen LogP contribution < -0.4 is 0 Å². The molecule has 1 aromatic heterocycles. The van der Waals surface area contributed by atoms with E-state index in [1.807, 2.05) is 47.4 Å². The predicted molar refractivity (Wildman–Crippen MR) is 115 cm³/mol. The quantitative estimate of drug-likeness (QED) is 0.626. The van der Waals surface area contributed by atoms with Gasteiger partial charge in [-0.25, -0.2) is 4.98 Å². The zero-order chi connectivity index (χ0) is 19.3. The van der Waals surface area contributed by atoms with Crippen molar-refractivity contribution < 1.29 is 4.79 Å². The van der Waals surface area contributed by atoms with Crippen LogP contribution in [0.2, 0.25) is 5.02 Å². The van der Waals surface area contributed by atoms with E-state index in [9.17, 15) is 4.79 Å². The van der Waals surface area contributed by atoms with E-state index < -0.39 is 0 Å². The van der Waals surface area contributed by atoms with Crippen LogP contribution in [0.1, 0.15) is 10.6 Å². The minimum absolute atomic E-state index is 0.183. The molecule has 0 radical (unpaired) electrons. The molecule has 0 saturated carbocycles. The number of carbonyl (C=O) groups is 1. The molecule has 1 aliphatic heterocycles. The number of aromatic nitrogens is 1. The van der Waals surface area contributed by atoms with Crippen LogP contribution in [0.5, 0.6) is 0 Å². The Hall–Kier alpha value is -2.21. The fourth-order valence-corrected chi connectivity index (χ4v) is 4.33. The third kappa shape index (κ3) is 4.79. The highest BCUT2D eigenvalue weighted by atomic mass is 35.5. The summed E-state index contributed by atoms with van der Waals surface area (Å²) in [6.07, 6.45) is 0.435. The number of nitrogens with zero attached hydrogens (tertiary/aromatic N) is 3. The maximum absolute atomic E-state index is 12.5. The topological polar surface area (TPSA) is 36.4 Å². The van der Waals surface area contributed by atoms with Gasteiger partial charge in [0.1, 0.15) is 5.01 Å². The van der Waals surface area contributed by atoms with Crippen LogP contribution in [0.15, 0.2) is 60.0 Å². The van der Waals surface area contributed by atoms with E-state index in [4.69, 9.17) is 16.6 Å². The van der Waals surface area contributed by atoms with Gasteiger partial charge in [0.25, 0.3) is 0 Å². The zero-order valence-electron chi connectivity index (χ0n) is 15.6. The van der Waals surface area contributed by atoms with Gasteiger partial charge in [0.15, 0.2) is 0 Å². The standard InChI is InChI=1S/C22H22ClN3OS/c23-19-8-6-17(7-9-19)14-22(27)26-12-10-25(11-13-26)15-21-24-20(16-28-21)18-4-2-1-3-5-18/h1-9,16H,10-15H2. The highest BCUT2D eigenvalue weighted by molar-refractivity contribution is 7.09. The van der Waals surface area contributed by atoms with Crippen molar-refractivity contribution in [1.82, 2.24) is 14.8 Å². The Morgan fingerprint density at radius 2 is 1.71 bits per heavy atom. The number of rotatable bonds is 5. The maximum atomic E-state index is 12.5. The Kier molecular flexibility index (Phi) is 6.05. The summed E-state index contributed by atoms with van der Waals surface area (Å²) in [5, 5.41) is 3.94. The number of amides is 1. The molecular formula is C22H22ClN3OS. The van der Waals surface area contributed by atoms with E-state index in [0.717, 1.165) is 54.6 Å². The first kappa shape index (κ1) is 19.1. The highest BCUT2D eigenvalue weighted by Crippen LogP contribution is 2.22. The summed E-state index contributed by atoms with van der Waals surface area (Å²) in [5.41, 5.74) is 3.20. The molecule has 2 aromatic carbocycles. The van der Waals surface area contributed by atoms with E-state index in [0.29, 0.717) is 11.4 Å². The van der Waals surface area contributed by atoms with Crippen LogP contribution in [0.25, 0.3) is 11.3 Å². The Labute approximate surface area is 174 Å². The minimum Gasteiger partial charge on any atom is -0.340 e. The maximum Gasteiger partial charge on any atom is 0.227 e. The lowest BCUT2D eigenvalue weighted by Gasteiger charge is -2.34. The van der Waals surface area contributed by atoms with Gasteiger partial charge in [0.2, 0.25) is 5.91 Å². The number of carbonyl (C=O) groups excluding carboxylic acids is 1. The highest BCUT2D eigenvalue weighted by Gasteiger charge is 2.22. The van der Waals surface area contributed by atoms with Crippen LogP contribution in [-0.4, -0.2) is 46.9 Å². The van der Waals surface area contributed by atoms with Crippen molar-refractivity contribution in [2.45, 2.75) is 13.0 Å². The lowest BCUT2D eigenvalue weighted by Crippen LogP contribution is -2.48. The van der Waals surface area contributed by atoms with E-state index in [-0.39, 0.29) is 5.91 Å². The zero-order valence-corrected chi connectivity index (χ0v) is 17.1. The number of benzene rings is 2. The van der Waals surface area contributed by atoms with Gasteiger partial charge >= 0.3 is 0 Å². The van der Waals surface area contributed by atoms with Gasteiger partial charge in [0, 0.05) is 42.1 Å². The lowest BCUT2D eigenvalue weighted by atomic mass is 10.1. The predicted octanol–water partition coefficient (Wildman–Crippen LogP) is 4.35. The molecule has 2 heterocycles. The summed E-state index contributed by atoms with van der Waals surface area (Å²) in [5.74, 6) is 0.183. The van der Waals surface area contributed by atoms with Gasteiger partial charge in [0.05, 0.1) is 18.7 Å². The first-order valence-electron chi connectivity index (χ1n) is 9.42. The number of hydrogen-bond donors (Lipinski definition) is 0. The SMILES string of the molecule is O=C(Cc1ccc(Cl)cc1)N1CCN(Cc2nc(-c3ccccc3)cs2)CC1. The molecule has 0 atom stereocenters. The molecule has 0 aliphatic carbocycles. The van der Waals surface area contributed by atoms with Gasteiger partial charge in [-0.3, -0.25) is 9.69 Å². The van der Waals surface area contributed by atoms with Crippen LogP contribution in [0.3, 0.4) is 0 Å². The van der Waals surface area contributed by atoms with Crippen molar-refractivity contribution in [3.8, 4) is 11.3 Å². The Balaban J connectivity index is 1.28. The number of hydrogen-bond acceptors (Lipinski definition) is 4. The van der Waals surface area contributed by atoms with Crippen molar-refractivity contribution >= 4 is 28.8 Å². The number of piperazine rings is 1. The van der Waals surface area contributed by atoms with E-state index in [1.165, 1.54) is 0 Å². The fraction of sp³-hybridized carbons (Fsp3) is 0.273. The smallest absolute Gasteiger partial charge is 0.227 e. The molecule has 1 aliphatic rings. The van der Waals surface area contributed by atoms with Gasteiger partial charge < -0.3 is 4.90 Å². The monoisotopic (exact) mass is 411 g/mol. The molecule has 1 fully saturated rings. The van der Waals surface area contributed by atoms with Crippen molar-refractivity contribution in [3.05, 3.63) is 75.6 Å². The molecule has 1 saturated heterocycles. The van der Waals surface area contributed by atoms with E-state index >= 15 is 0 Å². The summed E-state index contributed by atoms with van der Waals surface area (Å²) < 4.78 is 0. The molecule has 0 N–H and O–H groups in total. The molecule has 0 spiro atoms. The summed E-state index contributed by atoms with van der Waals surface area (Å²) >= 11 is 7.61. The molecule has 0 unspecified atom stereocenters. The second kappa shape index (κ2) is 8.86. The largest absolute Gasteiger partial charge is 0.340 e. The van der Waals surface area contributed by atoms with Crippen molar-refractivity contribution in [3.63, 3.8) is 0 Å². The summed E-state index contributed by atoms with van der Waals surface area (Å²) in [6.45, 7) is 4.14. The molecule has 4 nitrogen and oxygen atoms in total.